The van der Waals surface area contributed by atoms with Crippen LogP contribution in [0.1, 0.15) is 76.3 Å². The quantitative estimate of drug-likeness (QED) is 0.110. The van der Waals surface area contributed by atoms with Crippen LogP contribution in [0.5, 0.6) is 0 Å². The Balaban J connectivity index is 1.05. The minimum atomic E-state index is -0.169. The maximum Gasteiger partial charge on any atom is 0.247 e. The predicted octanol–water partition coefficient (Wildman–Crippen LogP) is 18.1. The summed E-state index contributed by atoms with van der Waals surface area (Å²) in [6.07, 6.45) is 0. The van der Waals surface area contributed by atoms with Crippen molar-refractivity contribution in [1.29, 1.82) is 0 Å². The maximum atomic E-state index is 2.52. The molecule has 2 aliphatic heterocycles. The third-order valence-corrected chi connectivity index (χ3v) is 18.8. The second-order valence-corrected chi connectivity index (χ2v) is 25.0. The molecule has 0 unspecified atom stereocenters. The second kappa shape index (κ2) is 18.2. The second-order valence-electron chi connectivity index (χ2n) is 22.8. The summed E-state index contributed by atoms with van der Waals surface area (Å²) in [5.74, 6) is 0. The van der Waals surface area contributed by atoms with Crippen molar-refractivity contribution in [3.8, 4) is 44.5 Å². The van der Waals surface area contributed by atoms with Crippen molar-refractivity contribution >= 4 is 68.2 Å². The fourth-order valence-electron chi connectivity index (χ4n) is 12.1. The molecule has 0 nitrogen and oxygen atoms in total. The van der Waals surface area contributed by atoms with E-state index in [4.69, 9.17) is 0 Å². The number of benzene rings is 11. The lowest BCUT2D eigenvalue weighted by Crippen LogP contribution is -2.58. The van der Waals surface area contributed by atoms with Crippen LogP contribution in [0.3, 0.4) is 0 Å². The van der Waals surface area contributed by atoms with Gasteiger partial charge in [-0.3, -0.25) is 0 Å². The molecule has 2 aliphatic rings. The van der Waals surface area contributed by atoms with Crippen molar-refractivity contribution < 1.29 is 0 Å². The van der Waals surface area contributed by atoms with E-state index in [9.17, 15) is 0 Å². The standard InChI is InChI=1S/C72H59BS2/c1-70(2,3)54-29-21-24-47(41-54)48-38-49(40-51(39-48)68-59-32-19-17-30-57(59)67(46-22-11-8-12-23-46)58-31-18-20-33-60(58)68)50-42-65-69-66(43-50)75-64-45-56(72(6,7)53-27-15-10-16-28-53)35-37-62(64)73(69)61-36-34-55(44-63(61)74-65)71(4,5)52-25-13-9-14-26-52/h8-45H,1-7H3. The summed E-state index contributed by atoms with van der Waals surface area (Å²) < 4.78 is 0. The van der Waals surface area contributed by atoms with Crippen LogP contribution in [0.25, 0.3) is 66.1 Å². The van der Waals surface area contributed by atoms with E-state index < -0.39 is 0 Å². The van der Waals surface area contributed by atoms with E-state index in [1.54, 1.807) is 0 Å². The molecule has 0 N–H and O–H groups in total. The molecule has 11 aromatic carbocycles. The molecule has 0 spiro atoms. The molecule has 75 heavy (non-hydrogen) atoms. The lowest BCUT2D eigenvalue weighted by atomic mass is 9.36. The maximum absolute atomic E-state index is 2.52. The number of hydrogen-bond acceptors (Lipinski definition) is 2. The molecule has 362 valence electrons. The van der Waals surface area contributed by atoms with Crippen LogP contribution in [-0.4, -0.2) is 6.71 Å². The van der Waals surface area contributed by atoms with E-state index in [0.29, 0.717) is 0 Å². The summed E-state index contributed by atoms with van der Waals surface area (Å²) in [7, 11) is 0. The Kier molecular flexibility index (Phi) is 11.5. The zero-order valence-electron chi connectivity index (χ0n) is 43.8. The third kappa shape index (κ3) is 8.19. The Bertz CT molecular complexity index is 3850. The minimum absolute atomic E-state index is 0.00119. The van der Waals surface area contributed by atoms with Crippen LogP contribution in [0, 0.1) is 0 Å². The van der Waals surface area contributed by atoms with E-state index in [1.165, 1.54) is 130 Å². The Hall–Kier alpha value is -7.30. The van der Waals surface area contributed by atoms with Gasteiger partial charge >= 0.3 is 0 Å². The van der Waals surface area contributed by atoms with Gasteiger partial charge in [0.15, 0.2) is 0 Å². The molecule has 13 rings (SSSR count). The number of rotatable bonds is 8. The molecule has 0 saturated carbocycles. The van der Waals surface area contributed by atoms with Gasteiger partial charge in [0.1, 0.15) is 0 Å². The largest absolute Gasteiger partial charge is 0.247 e. The van der Waals surface area contributed by atoms with Gasteiger partial charge in [0.25, 0.3) is 0 Å². The smallest absolute Gasteiger partial charge is 0.0911 e. The van der Waals surface area contributed by atoms with Crippen LogP contribution >= 0.6 is 23.5 Å². The molecular formula is C72H59BS2. The van der Waals surface area contributed by atoms with Crippen LogP contribution in [0.4, 0.5) is 0 Å². The molecule has 0 fully saturated rings. The Morgan fingerprint density at radius 1 is 0.280 bits per heavy atom. The third-order valence-electron chi connectivity index (χ3n) is 16.5. The van der Waals surface area contributed by atoms with Gasteiger partial charge in [0.05, 0.1) is 0 Å². The van der Waals surface area contributed by atoms with Crippen LogP contribution in [0.15, 0.2) is 250 Å². The molecule has 0 amide bonds. The van der Waals surface area contributed by atoms with Gasteiger partial charge in [-0.25, -0.2) is 0 Å². The van der Waals surface area contributed by atoms with Crippen LogP contribution in [-0.2, 0) is 16.2 Å². The average molecular weight is 999 g/mol. The van der Waals surface area contributed by atoms with E-state index in [1.807, 2.05) is 23.5 Å². The summed E-state index contributed by atoms with van der Waals surface area (Å²) in [6.45, 7) is 16.5. The fourth-order valence-corrected chi connectivity index (χ4v) is 14.7. The summed E-state index contributed by atoms with van der Waals surface area (Å²) in [5.41, 5.74) is 20.4. The van der Waals surface area contributed by atoms with Crippen molar-refractivity contribution in [2.24, 2.45) is 0 Å². The van der Waals surface area contributed by atoms with Gasteiger partial charge in [-0.15, -0.1) is 0 Å². The van der Waals surface area contributed by atoms with Gasteiger partial charge < -0.3 is 0 Å². The van der Waals surface area contributed by atoms with E-state index in [-0.39, 0.29) is 23.0 Å². The van der Waals surface area contributed by atoms with E-state index >= 15 is 0 Å². The van der Waals surface area contributed by atoms with Gasteiger partial charge in [0, 0.05) is 30.4 Å². The highest BCUT2D eigenvalue weighted by molar-refractivity contribution is 8.01. The highest BCUT2D eigenvalue weighted by atomic mass is 32.2. The van der Waals surface area contributed by atoms with Crippen molar-refractivity contribution in [3.63, 3.8) is 0 Å². The topological polar surface area (TPSA) is 0 Å². The first-order valence-electron chi connectivity index (χ1n) is 26.5. The summed E-state index contributed by atoms with van der Waals surface area (Å²) in [4.78, 5) is 5.36. The first-order chi connectivity index (χ1) is 36.3. The minimum Gasteiger partial charge on any atom is -0.0911 e. The Labute approximate surface area is 452 Å². The van der Waals surface area contributed by atoms with Crippen molar-refractivity contribution in [2.45, 2.75) is 84.3 Å². The highest BCUT2D eigenvalue weighted by Crippen LogP contribution is 2.48. The molecule has 0 bridgehead atoms. The fraction of sp³-hybridized carbons (Fsp3) is 0.139. The summed E-state index contributed by atoms with van der Waals surface area (Å²) in [6, 6.07) is 87.5. The first-order valence-corrected chi connectivity index (χ1v) is 28.1. The molecule has 0 aliphatic carbocycles. The summed E-state index contributed by atoms with van der Waals surface area (Å²) in [5, 5.41) is 5.04. The van der Waals surface area contributed by atoms with Crippen molar-refractivity contribution in [3.05, 3.63) is 258 Å². The SMILES string of the molecule is CC(C)(C)c1cccc(-c2cc(-c3cc4c5c(c3)Sc3cc(C(C)(C)c6ccccc6)ccc3B5c3ccc(C(C)(C)c5ccccc5)cc3S4)cc(-c3c4ccccc4c(-c4ccccc4)c4ccccc34)c2)c1. The van der Waals surface area contributed by atoms with Gasteiger partial charge in [-0.2, -0.15) is 0 Å². The lowest BCUT2D eigenvalue weighted by Gasteiger charge is -2.36. The molecule has 3 heteroatoms. The number of fused-ring (bicyclic) bond motifs is 6. The zero-order valence-corrected chi connectivity index (χ0v) is 45.5. The molecule has 0 saturated heterocycles. The predicted molar refractivity (Wildman–Crippen MR) is 325 cm³/mol. The molecule has 0 radical (unpaired) electrons. The van der Waals surface area contributed by atoms with Crippen molar-refractivity contribution in [1.82, 2.24) is 0 Å². The van der Waals surface area contributed by atoms with Gasteiger partial charge in [-0.05, 0) is 147 Å². The monoisotopic (exact) mass is 998 g/mol. The molecule has 2 heterocycles. The zero-order chi connectivity index (χ0) is 51.2. The Morgan fingerprint density at radius 2 is 0.667 bits per heavy atom. The average Bonchev–Trinajstić information content (AvgIpc) is 3.45. The van der Waals surface area contributed by atoms with Crippen LogP contribution in [0.2, 0.25) is 0 Å². The molecule has 0 aromatic heterocycles. The summed E-state index contributed by atoms with van der Waals surface area (Å²) >= 11 is 3.92. The first kappa shape index (κ1) is 47.4. The van der Waals surface area contributed by atoms with E-state index in [0.717, 1.165) is 0 Å². The highest BCUT2D eigenvalue weighted by Gasteiger charge is 2.40. The van der Waals surface area contributed by atoms with Gasteiger partial charge in [-0.1, -0.05) is 271 Å². The molecular weight excluding hydrogens is 940 g/mol. The van der Waals surface area contributed by atoms with Gasteiger partial charge in [0.2, 0.25) is 6.71 Å². The molecule has 11 aromatic rings. The van der Waals surface area contributed by atoms with E-state index in [2.05, 4.69) is 279 Å². The Morgan fingerprint density at radius 3 is 1.15 bits per heavy atom. The van der Waals surface area contributed by atoms with Crippen LogP contribution < -0.4 is 16.4 Å². The molecule has 0 atom stereocenters. The van der Waals surface area contributed by atoms with Crippen molar-refractivity contribution in [2.75, 3.05) is 0 Å². The lowest BCUT2D eigenvalue weighted by molar-refractivity contribution is 0.590. The number of hydrogen-bond donors (Lipinski definition) is 0. The normalized spacial score (nSPS) is 13.1.